The monoisotopic (exact) mass is 260 g/mol. The van der Waals surface area contributed by atoms with E-state index in [0.717, 1.165) is 16.7 Å². The molecule has 2 rings (SSSR count). The van der Waals surface area contributed by atoms with Crippen molar-refractivity contribution in [1.29, 1.82) is 0 Å². The molecule has 19 heavy (non-hydrogen) atoms. The fraction of sp³-hybridized carbons (Fsp3) is 0.294. The van der Waals surface area contributed by atoms with Gasteiger partial charge < -0.3 is 0 Å². The van der Waals surface area contributed by atoms with Crippen LogP contribution >= 0.6 is 0 Å². The molecule has 0 aliphatic rings. The van der Waals surface area contributed by atoms with Crippen molar-refractivity contribution in [2.24, 2.45) is 0 Å². The van der Waals surface area contributed by atoms with Gasteiger partial charge >= 0.3 is 0 Å². The van der Waals surface area contributed by atoms with E-state index >= 15 is 0 Å². The fourth-order valence-electron chi connectivity index (χ4n) is 2.11. The molecule has 0 aliphatic heterocycles. The second kappa shape index (κ2) is 4.76. The van der Waals surface area contributed by atoms with Crippen LogP contribution in [-0.4, -0.2) is 0 Å². The maximum absolute atomic E-state index is 13.4. The highest BCUT2D eigenvalue weighted by molar-refractivity contribution is 5.68. The van der Waals surface area contributed by atoms with Crippen LogP contribution in [0.1, 0.15) is 31.9 Å². The number of benzene rings is 2. The summed E-state index contributed by atoms with van der Waals surface area (Å²) in [6, 6.07) is 10.5. The number of hydrogen-bond donors (Lipinski definition) is 0. The van der Waals surface area contributed by atoms with Gasteiger partial charge in [0.15, 0.2) is 11.6 Å². The summed E-state index contributed by atoms with van der Waals surface area (Å²) in [5.41, 5.74) is 3.61. The Bertz CT molecular complexity index is 607. The maximum atomic E-state index is 13.4. The molecule has 0 unspecified atom stereocenters. The molecule has 0 saturated heterocycles. The third kappa shape index (κ3) is 2.83. The SMILES string of the molecule is Cc1cc(F)c(F)cc1-c1cccc(C(C)(C)C)c1. The van der Waals surface area contributed by atoms with E-state index < -0.39 is 11.6 Å². The zero-order valence-electron chi connectivity index (χ0n) is 11.7. The lowest BCUT2D eigenvalue weighted by Crippen LogP contribution is -2.10. The second-order valence-electron chi connectivity index (χ2n) is 5.91. The smallest absolute Gasteiger partial charge is 0.159 e. The molecule has 0 aromatic heterocycles. The Labute approximate surface area is 113 Å². The van der Waals surface area contributed by atoms with Gasteiger partial charge in [-0.2, -0.15) is 0 Å². The van der Waals surface area contributed by atoms with E-state index in [4.69, 9.17) is 0 Å². The Morgan fingerprint density at radius 3 is 2.16 bits per heavy atom. The van der Waals surface area contributed by atoms with Gasteiger partial charge in [0.25, 0.3) is 0 Å². The summed E-state index contributed by atoms with van der Waals surface area (Å²) < 4.78 is 26.6. The first kappa shape index (κ1) is 13.7. The summed E-state index contributed by atoms with van der Waals surface area (Å²) in [5.74, 6) is -1.60. The molecule has 0 amide bonds. The van der Waals surface area contributed by atoms with Gasteiger partial charge in [-0.05, 0) is 46.7 Å². The number of halogens is 2. The van der Waals surface area contributed by atoms with Gasteiger partial charge in [-0.3, -0.25) is 0 Å². The maximum Gasteiger partial charge on any atom is 0.159 e. The van der Waals surface area contributed by atoms with E-state index in [9.17, 15) is 8.78 Å². The second-order valence-corrected chi connectivity index (χ2v) is 5.91. The van der Waals surface area contributed by atoms with E-state index in [2.05, 4.69) is 26.8 Å². The molecule has 0 atom stereocenters. The van der Waals surface area contributed by atoms with Gasteiger partial charge in [-0.15, -0.1) is 0 Å². The lowest BCUT2D eigenvalue weighted by atomic mass is 9.85. The third-order valence-corrected chi connectivity index (χ3v) is 3.31. The Kier molecular flexibility index (Phi) is 3.44. The van der Waals surface area contributed by atoms with Gasteiger partial charge in [0.1, 0.15) is 0 Å². The van der Waals surface area contributed by atoms with Gasteiger partial charge in [0.05, 0.1) is 0 Å². The standard InChI is InChI=1S/C17H18F2/c1-11-8-15(18)16(19)10-14(11)12-6-5-7-13(9-12)17(2,3)4/h5-10H,1-4H3. The van der Waals surface area contributed by atoms with Crippen molar-refractivity contribution < 1.29 is 8.78 Å². The van der Waals surface area contributed by atoms with Crippen molar-refractivity contribution in [2.75, 3.05) is 0 Å². The van der Waals surface area contributed by atoms with Crippen molar-refractivity contribution in [3.63, 3.8) is 0 Å². The summed E-state index contributed by atoms with van der Waals surface area (Å²) in [6.07, 6.45) is 0. The van der Waals surface area contributed by atoms with Crippen molar-refractivity contribution in [2.45, 2.75) is 33.1 Å². The van der Waals surface area contributed by atoms with Crippen molar-refractivity contribution >= 4 is 0 Å². The zero-order valence-corrected chi connectivity index (χ0v) is 11.7. The first-order chi connectivity index (χ1) is 8.79. The molecule has 0 heterocycles. The van der Waals surface area contributed by atoms with Gasteiger partial charge in [0.2, 0.25) is 0 Å². The van der Waals surface area contributed by atoms with Crippen LogP contribution in [0, 0.1) is 18.6 Å². The van der Waals surface area contributed by atoms with Crippen LogP contribution in [0.4, 0.5) is 8.78 Å². The molecule has 100 valence electrons. The molecule has 0 saturated carbocycles. The summed E-state index contributed by atoms with van der Waals surface area (Å²) in [6.45, 7) is 8.18. The number of aryl methyl sites for hydroxylation is 1. The summed E-state index contributed by atoms with van der Waals surface area (Å²) in [4.78, 5) is 0. The highest BCUT2D eigenvalue weighted by atomic mass is 19.2. The minimum atomic E-state index is -0.804. The Morgan fingerprint density at radius 1 is 0.895 bits per heavy atom. The summed E-state index contributed by atoms with van der Waals surface area (Å²) >= 11 is 0. The van der Waals surface area contributed by atoms with E-state index in [1.165, 1.54) is 17.7 Å². The molecule has 0 N–H and O–H groups in total. The van der Waals surface area contributed by atoms with Crippen LogP contribution in [-0.2, 0) is 5.41 Å². The van der Waals surface area contributed by atoms with Crippen molar-refractivity contribution in [3.8, 4) is 11.1 Å². The molecule has 0 fully saturated rings. The third-order valence-electron chi connectivity index (χ3n) is 3.31. The minimum Gasteiger partial charge on any atom is -0.204 e. The van der Waals surface area contributed by atoms with Gasteiger partial charge in [-0.1, -0.05) is 45.0 Å². The van der Waals surface area contributed by atoms with Crippen molar-refractivity contribution in [1.82, 2.24) is 0 Å². The first-order valence-corrected chi connectivity index (χ1v) is 6.35. The molecule has 2 aromatic rings. The quantitative estimate of drug-likeness (QED) is 0.658. The zero-order chi connectivity index (χ0) is 14.2. The van der Waals surface area contributed by atoms with E-state index in [1.807, 2.05) is 18.2 Å². The first-order valence-electron chi connectivity index (χ1n) is 6.35. The van der Waals surface area contributed by atoms with Gasteiger partial charge in [0, 0.05) is 0 Å². The largest absolute Gasteiger partial charge is 0.204 e. The molecule has 0 nitrogen and oxygen atoms in total. The average Bonchev–Trinajstić information content (AvgIpc) is 2.33. The molecule has 2 heteroatoms. The minimum absolute atomic E-state index is 0.0302. The predicted octanol–water partition coefficient (Wildman–Crippen LogP) is 5.24. The summed E-state index contributed by atoms with van der Waals surface area (Å²) in [5, 5.41) is 0. The average molecular weight is 260 g/mol. The lowest BCUT2D eigenvalue weighted by molar-refractivity contribution is 0.508. The highest BCUT2D eigenvalue weighted by Gasteiger charge is 2.15. The van der Waals surface area contributed by atoms with Gasteiger partial charge in [-0.25, -0.2) is 8.78 Å². The lowest BCUT2D eigenvalue weighted by Gasteiger charge is -2.20. The summed E-state index contributed by atoms with van der Waals surface area (Å²) in [7, 11) is 0. The molecule has 0 spiro atoms. The van der Waals surface area contributed by atoms with Crippen LogP contribution in [0.15, 0.2) is 36.4 Å². The normalized spacial score (nSPS) is 11.7. The van der Waals surface area contributed by atoms with Crippen LogP contribution in [0.3, 0.4) is 0 Å². The van der Waals surface area contributed by atoms with E-state index in [1.54, 1.807) is 6.92 Å². The van der Waals surface area contributed by atoms with Crippen LogP contribution in [0.5, 0.6) is 0 Å². The Hall–Kier alpha value is -1.70. The molecular weight excluding hydrogens is 242 g/mol. The molecule has 0 bridgehead atoms. The van der Waals surface area contributed by atoms with E-state index in [-0.39, 0.29) is 5.41 Å². The van der Waals surface area contributed by atoms with Crippen molar-refractivity contribution in [3.05, 3.63) is 59.2 Å². The Balaban J connectivity index is 2.57. The molecule has 0 radical (unpaired) electrons. The Morgan fingerprint density at radius 2 is 1.53 bits per heavy atom. The fourth-order valence-corrected chi connectivity index (χ4v) is 2.11. The number of rotatable bonds is 1. The molecule has 2 aromatic carbocycles. The van der Waals surface area contributed by atoms with E-state index in [0.29, 0.717) is 0 Å². The van der Waals surface area contributed by atoms with Crippen LogP contribution in [0.2, 0.25) is 0 Å². The topological polar surface area (TPSA) is 0 Å². The molecule has 0 aliphatic carbocycles. The van der Waals surface area contributed by atoms with Crippen LogP contribution < -0.4 is 0 Å². The highest BCUT2D eigenvalue weighted by Crippen LogP contribution is 2.30. The predicted molar refractivity (Wildman–Crippen MR) is 75.2 cm³/mol. The van der Waals surface area contributed by atoms with Crippen LogP contribution in [0.25, 0.3) is 11.1 Å². The number of hydrogen-bond acceptors (Lipinski definition) is 0. The molecular formula is C17H18F2.